The fourth-order valence-electron chi connectivity index (χ4n) is 2.94. The first-order chi connectivity index (χ1) is 12.9. The molecule has 1 heterocycles. The number of aromatic nitrogens is 1. The number of aliphatic carboxylic acids is 2. The number of amides is 1. The SMILES string of the molecule is O=C(NC(C(=O)O)C(C(=O)O)c1c[nH]c2ccc(O)cc12)c1ccccc1. The maximum Gasteiger partial charge on any atom is 0.327 e. The van der Waals surface area contributed by atoms with Crippen molar-refractivity contribution in [3.63, 3.8) is 0 Å². The molecule has 0 radical (unpaired) electrons. The summed E-state index contributed by atoms with van der Waals surface area (Å²) in [4.78, 5) is 38.9. The Morgan fingerprint density at radius 2 is 1.67 bits per heavy atom. The van der Waals surface area contributed by atoms with Crippen LogP contribution in [0.5, 0.6) is 5.75 Å². The van der Waals surface area contributed by atoms with Crippen molar-refractivity contribution in [3.05, 3.63) is 65.9 Å². The van der Waals surface area contributed by atoms with Gasteiger partial charge >= 0.3 is 11.9 Å². The number of carboxylic acids is 2. The zero-order valence-corrected chi connectivity index (χ0v) is 13.9. The topological polar surface area (TPSA) is 140 Å². The first kappa shape index (κ1) is 18.0. The number of aromatic hydroxyl groups is 1. The van der Waals surface area contributed by atoms with Crippen LogP contribution in [0.4, 0.5) is 0 Å². The van der Waals surface area contributed by atoms with Gasteiger partial charge in [-0.15, -0.1) is 0 Å². The monoisotopic (exact) mass is 368 g/mol. The van der Waals surface area contributed by atoms with Crippen LogP contribution >= 0.6 is 0 Å². The first-order valence-electron chi connectivity index (χ1n) is 8.00. The van der Waals surface area contributed by atoms with Crippen molar-refractivity contribution in [2.45, 2.75) is 12.0 Å². The minimum Gasteiger partial charge on any atom is -0.508 e. The van der Waals surface area contributed by atoms with E-state index in [-0.39, 0.29) is 16.9 Å². The van der Waals surface area contributed by atoms with Crippen molar-refractivity contribution in [2.24, 2.45) is 0 Å². The summed E-state index contributed by atoms with van der Waals surface area (Å²) in [5, 5.41) is 31.6. The lowest BCUT2D eigenvalue weighted by Crippen LogP contribution is -2.47. The minimum absolute atomic E-state index is 0.0901. The molecule has 0 saturated heterocycles. The molecule has 0 aliphatic rings. The van der Waals surface area contributed by atoms with Gasteiger partial charge in [0, 0.05) is 22.7 Å². The van der Waals surface area contributed by atoms with E-state index < -0.39 is 29.8 Å². The summed E-state index contributed by atoms with van der Waals surface area (Å²) < 4.78 is 0. The first-order valence-corrected chi connectivity index (χ1v) is 8.00. The van der Waals surface area contributed by atoms with Crippen LogP contribution < -0.4 is 5.32 Å². The predicted molar refractivity (Wildman–Crippen MR) is 95.7 cm³/mol. The van der Waals surface area contributed by atoms with E-state index in [0.717, 1.165) is 0 Å². The number of nitrogens with one attached hydrogen (secondary N) is 2. The van der Waals surface area contributed by atoms with Gasteiger partial charge in [0.2, 0.25) is 0 Å². The molecule has 2 unspecified atom stereocenters. The Morgan fingerprint density at radius 1 is 0.963 bits per heavy atom. The summed E-state index contributed by atoms with van der Waals surface area (Å²) in [5.74, 6) is -5.25. The Morgan fingerprint density at radius 3 is 2.30 bits per heavy atom. The van der Waals surface area contributed by atoms with E-state index in [4.69, 9.17) is 0 Å². The van der Waals surface area contributed by atoms with Crippen molar-refractivity contribution in [3.8, 4) is 5.75 Å². The Kier molecular flexibility index (Phi) is 4.80. The molecular weight excluding hydrogens is 352 g/mol. The van der Waals surface area contributed by atoms with Crippen LogP contribution in [0.1, 0.15) is 21.8 Å². The van der Waals surface area contributed by atoms with Crippen LogP contribution in [0.3, 0.4) is 0 Å². The highest BCUT2D eigenvalue weighted by molar-refractivity contribution is 5.99. The quantitative estimate of drug-likeness (QED) is 0.450. The van der Waals surface area contributed by atoms with Crippen LogP contribution in [-0.4, -0.2) is 44.2 Å². The van der Waals surface area contributed by atoms with E-state index in [2.05, 4.69) is 10.3 Å². The van der Waals surface area contributed by atoms with Gasteiger partial charge < -0.3 is 25.6 Å². The largest absolute Gasteiger partial charge is 0.508 e. The summed E-state index contributed by atoms with van der Waals surface area (Å²) in [6.07, 6.45) is 1.37. The smallest absolute Gasteiger partial charge is 0.327 e. The zero-order valence-electron chi connectivity index (χ0n) is 13.9. The van der Waals surface area contributed by atoms with Crippen LogP contribution in [0.2, 0.25) is 0 Å². The van der Waals surface area contributed by atoms with Gasteiger partial charge in [0.05, 0.1) is 0 Å². The number of aromatic amines is 1. The lowest BCUT2D eigenvalue weighted by molar-refractivity contribution is -0.147. The molecule has 138 valence electrons. The van der Waals surface area contributed by atoms with Gasteiger partial charge in [0.1, 0.15) is 17.7 Å². The lowest BCUT2D eigenvalue weighted by Gasteiger charge is -2.21. The maximum absolute atomic E-state index is 12.4. The molecule has 0 bridgehead atoms. The van der Waals surface area contributed by atoms with Crippen molar-refractivity contribution >= 4 is 28.7 Å². The summed E-state index contributed by atoms with van der Waals surface area (Å²) in [7, 11) is 0. The second kappa shape index (κ2) is 7.20. The Labute approximate surface area is 153 Å². The van der Waals surface area contributed by atoms with E-state index in [1.165, 1.54) is 30.5 Å². The minimum atomic E-state index is -1.71. The number of carboxylic acid groups (broad SMARTS) is 2. The molecule has 0 fully saturated rings. The van der Waals surface area contributed by atoms with Crippen LogP contribution in [0, 0.1) is 0 Å². The summed E-state index contributed by atoms with van der Waals surface area (Å²) >= 11 is 0. The Hall–Kier alpha value is -3.81. The van der Waals surface area contributed by atoms with Gasteiger partial charge in [-0.05, 0) is 35.9 Å². The van der Waals surface area contributed by atoms with Crippen LogP contribution in [0.15, 0.2) is 54.7 Å². The molecule has 0 aliphatic heterocycles. The fourth-order valence-corrected chi connectivity index (χ4v) is 2.94. The third-order valence-electron chi connectivity index (χ3n) is 4.22. The highest BCUT2D eigenvalue weighted by Gasteiger charge is 2.38. The summed E-state index contributed by atoms with van der Waals surface area (Å²) in [6, 6.07) is 10.5. The van der Waals surface area contributed by atoms with E-state index in [1.807, 2.05) is 0 Å². The van der Waals surface area contributed by atoms with Crippen LogP contribution in [0.25, 0.3) is 10.9 Å². The predicted octanol–water partition coefficient (Wildman–Crippen LogP) is 1.92. The number of phenols is 1. The number of benzene rings is 2. The second-order valence-electron chi connectivity index (χ2n) is 5.95. The molecular formula is C19H16N2O6. The molecule has 0 aliphatic carbocycles. The third kappa shape index (κ3) is 3.59. The van der Waals surface area contributed by atoms with E-state index in [9.17, 15) is 29.7 Å². The number of hydrogen-bond acceptors (Lipinski definition) is 4. The van der Waals surface area contributed by atoms with Gasteiger partial charge in [0.15, 0.2) is 0 Å². The standard InChI is InChI=1S/C19H16N2O6/c22-11-6-7-14-12(8-11)13(9-20-14)15(18(24)25)16(19(26)27)21-17(23)10-4-2-1-3-5-10/h1-9,15-16,20,22H,(H,21,23)(H,24,25)(H,26,27). The van der Waals surface area contributed by atoms with Crippen molar-refractivity contribution in [1.82, 2.24) is 10.3 Å². The molecule has 0 spiro atoms. The average Bonchev–Trinajstić information content (AvgIpc) is 3.04. The fraction of sp³-hybridized carbons (Fsp3) is 0.105. The molecule has 8 heteroatoms. The molecule has 1 aromatic heterocycles. The van der Waals surface area contributed by atoms with Crippen molar-refractivity contribution in [1.29, 1.82) is 0 Å². The number of carbonyl (C=O) groups is 3. The van der Waals surface area contributed by atoms with Gasteiger partial charge in [-0.25, -0.2) is 4.79 Å². The number of rotatable bonds is 6. The van der Waals surface area contributed by atoms with Gasteiger partial charge in [-0.2, -0.15) is 0 Å². The molecule has 0 saturated carbocycles. The molecule has 27 heavy (non-hydrogen) atoms. The van der Waals surface area contributed by atoms with Crippen molar-refractivity contribution < 1.29 is 29.7 Å². The van der Waals surface area contributed by atoms with Gasteiger partial charge in [-0.1, -0.05) is 18.2 Å². The molecule has 8 nitrogen and oxygen atoms in total. The highest BCUT2D eigenvalue weighted by atomic mass is 16.4. The van der Waals surface area contributed by atoms with Crippen molar-refractivity contribution in [2.75, 3.05) is 0 Å². The van der Waals surface area contributed by atoms with E-state index in [1.54, 1.807) is 24.3 Å². The number of carbonyl (C=O) groups excluding carboxylic acids is 1. The highest BCUT2D eigenvalue weighted by Crippen LogP contribution is 2.31. The average molecular weight is 368 g/mol. The second-order valence-corrected chi connectivity index (χ2v) is 5.95. The molecule has 3 rings (SSSR count). The Balaban J connectivity index is 2.02. The van der Waals surface area contributed by atoms with Gasteiger partial charge in [0.25, 0.3) is 5.91 Å². The molecule has 3 aromatic rings. The summed E-state index contributed by atoms with van der Waals surface area (Å²) in [5.41, 5.74) is 0.895. The number of phenolic OH excluding ortho intramolecular Hbond substituents is 1. The Bertz CT molecular complexity index is 1010. The van der Waals surface area contributed by atoms with E-state index >= 15 is 0 Å². The number of hydrogen-bond donors (Lipinski definition) is 5. The zero-order chi connectivity index (χ0) is 19.6. The lowest BCUT2D eigenvalue weighted by atomic mass is 9.90. The third-order valence-corrected chi connectivity index (χ3v) is 4.22. The number of fused-ring (bicyclic) bond motifs is 1. The van der Waals surface area contributed by atoms with E-state index in [0.29, 0.717) is 10.9 Å². The van der Waals surface area contributed by atoms with Crippen LogP contribution in [-0.2, 0) is 9.59 Å². The van der Waals surface area contributed by atoms with Gasteiger partial charge in [-0.3, -0.25) is 9.59 Å². The molecule has 2 atom stereocenters. The molecule has 1 amide bonds. The number of H-pyrrole nitrogens is 1. The molecule has 5 N–H and O–H groups in total. The maximum atomic E-state index is 12.4. The molecule has 2 aromatic carbocycles. The summed E-state index contributed by atoms with van der Waals surface area (Å²) in [6.45, 7) is 0. The normalized spacial score (nSPS) is 13.0.